The second-order valence-electron chi connectivity index (χ2n) is 4.31. The molecule has 0 atom stereocenters. The highest BCUT2D eigenvalue weighted by atomic mass is 16.5. The molecular weight excluding hydrogens is 258 g/mol. The molecule has 0 aliphatic heterocycles. The van der Waals surface area contributed by atoms with E-state index in [9.17, 15) is 4.79 Å². The first-order valence-corrected chi connectivity index (χ1v) is 6.25. The summed E-state index contributed by atoms with van der Waals surface area (Å²) in [4.78, 5) is 18.8. The molecule has 1 aromatic heterocycles. The molecule has 0 unspecified atom stereocenters. The zero-order valence-corrected chi connectivity index (χ0v) is 11.4. The molecule has 0 spiro atoms. The number of hydrogen-bond donors (Lipinski definition) is 3. The lowest BCUT2D eigenvalue weighted by Gasteiger charge is -2.09. The number of aryl methyl sites for hydroxylation is 1. The number of nitrogens with one attached hydrogen (secondary N) is 2. The number of ether oxygens (including phenoxy) is 1. The first kappa shape index (κ1) is 14.1. The van der Waals surface area contributed by atoms with Gasteiger partial charge in [0.1, 0.15) is 5.75 Å². The Bertz CT molecular complexity index is 652. The summed E-state index contributed by atoms with van der Waals surface area (Å²) in [5, 5.41) is 11.9. The summed E-state index contributed by atoms with van der Waals surface area (Å²) in [5.74, 6) is 1.08. The molecule has 2 rings (SSSR count). The Kier molecular flexibility index (Phi) is 4.37. The fraction of sp³-hybridized carbons (Fsp3) is 0.286. The third-order valence-electron chi connectivity index (χ3n) is 2.92. The summed E-state index contributed by atoms with van der Waals surface area (Å²) in [6.45, 7) is 1.67. The van der Waals surface area contributed by atoms with Crippen molar-refractivity contribution in [2.24, 2.45) is 0 Å². The highest BCUT2D eigenvalue weighted by molar-refractivity contribution is 5.55. The maximum atomic E-state index is 11.9. The fourth-order valence-corrected chi connectivity index (χ4v) is 1.91. The lowest BCUT2D eigenvalue weighted by Crippen LogP contribution is -2.19. The SMILES string of the molecule is COc1cccc(Nc2nc(C)c(CCO)c(=O)[nH]2)c1. The van der Waals surface area contributed by atoms with Crippen LogP contribution in [-0.2, 0) is 6.42 Å². The summed E-state index contributed by atoms with van der Waals surface area (Å²) in [6.07, 6.45) is 0.299. The van der Waals surface area contributed by atoms with Crippen LogP contribution in [-0.4, -0.2) is 28.8 Å². The first-order valence-electron chi connectivity index (χ1n) is 6.25. The van der Waals surface area contributed by atoms with Crippen molar-refractivity contribution < 1.29 is 9.84 Å². The van der Waals surface area contributed by atoms with Gasteiger partial charge in [0.15, 0.2) is 0 Å². The second-order valence-corrected chi connectivity index (χ2v) is 4.31. The molecule has 0 bridgehead atoms. The van der Waals surface area contributed by atoms with E-state index in [4.69, 9.17) is 9.84 Å². The van der Waals surface area contributed by atoms with Gasteiger partial charge in [0.05, 0.1) is 12.8 Å². The van der Waals surface area contributed by atoms with Crippen molar-refractivity contribution in [1.29, 1.82) is 0 Å². The van der Waals surface area contributed by atoms with Crippen molar-refractivity contribution in [3.63, 3.8) is 0 Å². The molecule has 0 aliphatic carbocycles. The van der Waals surface area contributed by atoms with E-state index in [1.807, 2.05) is 18.2 Å². The average molecular weight is 275 g/mol. The minimum atomic E-state index is -0.239. The van der Waals surface area contributed by atoms with Gasteiger partial charge in [0.2, 0.25) is 5.95 Å². The summed E-state index contributed by atoms with van der Waals surface area (Å²) in [7, 11) is 1.59. The fourth-order valence-electron chi connectivity index (χ4n) is 1.91. The minimum Gasteiger partial charge on any atom is -0.497 e. The van der Waals surface area contributed by atoms with E-state index in [2.05, 4.69) is 15.3 Å². The van der Waals surface area contributed by atoms with Crippen LogP contribution < -0.4 is 15.6 Å². The smallest absolute Gasteiger partial charge is 0.255 e. The Morgan fingerprint density at radius 1 is 1.45 bits per heavy atom. The van der Waals surface area contributed by atoms with Crippen LogP contribution in [0.15, 0.2) is 29.1 Å². The standard InChI is InChI=1S/C14H17N3O3/c1-9-12(6-7-18)13(19)17-14(15-9)16-10-4-3-5-11(8-10)20-2/h3-5,8,18H,6-7H2,1-2H3,(H2,15,16,17,19). The first-order chi connectivity index (χ1) is 9.63. The van der Waals surface area contributed by atoms with E-state index < -0.39 is 0 Å². The van der Waals surface area contributed by atoms with E-state index in [1.165, 1.54) is 0 Å². The Labute approximate surface area is 116 Å². The van der Waals surface area contributed by atoms with Gasteiger partial charge in [-0.25, -0.2) is 4.98 Å². The van der Waals surface area contributed by atoms with Crippen LogP contribution in [0.3, 0.4) is 0 Å². The summed E-state index contributed by atoms with van der Waals surface area (Å²) < 4.78 is 5.13. The zero-order chi connectivity index (χ0) is 14.5. The van der Waals surface area contributed by atoms with Crippen LogP contribution in [0.2, 0.25) is 0 Å². The van der Waals surface area contributed by atoms with Crippen LogP contribution in [0, 0.1) is 6.92 Å². The lowest BCUT2D eigenvalue weighted by atomic mass is 10.2. The Morgan fingerprint density at radius 3 is 2.90 bits per heavy atom. The molecule has 1 heterocycles. The van der Waals surface area contributed by atoms with Gasteiger partial charge in [0.25, 0.3) is 5.56 Å². The Hall–Kier alpha value is -2.34. The summed E-state index contributed by atoms with van der Waals surface area (Å²) in [5.41, 5.74) is 1.63. The van der Waals surface area contributed by atoms with Crippen molar-refractivity contribution in [3.8, 4) is 5.75 Å². The third-order valence-corrected chi connectivity index (χ3v) is 2.92. The summed E-state index contributed by atoms with van der Waals surface area (Å²) >= 11 is 0. The number of aromatic nitrogens is 2. The molecule has 0 aliphatic rings. The number of methoxy groups -OCH3 is 1. The van der Waals surface area contributed by atoms with Crippen LogP contribution in [0.1, 0.15) is 11.3 Å². The number of hydrogen-bond acceptors (Lipinski definition) is 5. The largest absolute Gasteiger partial charge is 0.497 e. The van der Waals surface area contributed by atoms with Crippen LogP contribution >= 0.6 is 0 Å². The van der Waals surface area contributed by atoms with E-state index >= 15 is 0 Å². The van der Waals surface area contributed by atoms with Crippen molar-refractivity contribution in [2.75, 3.05) is 19.0 Å². The lowest BCUT2D eigenvalue weighted by molar-refractivity contribution is 0.298. The normalized spacial score (nSPS) is 10.3. The number of aliphatic hydroxyl groups excluding tert-OH is 1. The molecule has 20 heavy (non-hydrogen) atoms. The molecule has 2 aromatic rings. The number of rotatable bonds is 5. The maximum absolute atomic E-state index is 11.9. The van der Waals surface area contributed by atoms with Crippen LogP contribution in [0.25, 0.3) is 0 Å². The van der Waals surface area contributed by atoms with Crippen molar-refractivity contribution >= 4 is 11.6 Å². The number of anilines is 2. The second kappa shape index (κ2) is 6.21. The molecule has 1 aromatic carbocycles. The highest BCUT2D eigenvalue weighted by Crippen LogP contribution is 2.19. The predicted octanol–water partition coefficient (Wildman–Crippen LogP) is 1.37. The van der Waals surface area contributed by atoms with E-state index in [0.29, 0.717) is 29.4 Å². The van der Waals surface area contributed by atoms with Crippen LogP contribution in [0.4, 0.5) is 11.6 Å². The molecule has 0 saturated heterocycles. The zero-order valence-electron chi connectivity index (χ0n) is 11.4. The van der Waals surface area contributed by atoms with Crippen LogP contribution in [0.5, 0.6) is 5.75 Å². The molecule has 0 fully saturated rings. The number of nitrogens with zero attached hydrogens (tertiary/aromatic N) is 1. The van der Waals surface area contributed by atoms with Crippen molar-refractivity contribution in [3.05, 3.63) is 45.9 Å². The predicted molar refractivity (Wildman–Crippen MR) is 76.7 cm³/mol. The monoisotopic (exact) mass is 275 g/mol. The van der Waals surface area contributed by atoms with E-state index in [-0.39, 0.29) is 12.2 Å². The van der Waals surface area contributed by atoms with E-state index in [1.54, 1.807) is 20.1 Å². The molecule has 6 heteroatoms. The third kappa shape index (κ3) is 3.16. The topological polar surface area (TPSA) is 87.2 Å². The number of aromatic amines is 1. The quantitative estimate of drug-likeness (QED) is 0.767. The van der Waals surface area contributed by atoms with Gasteiger partial charge in [-0.2, -0.15) is 0 Å². The van der Waals surface area contributed by atoms with E-state index in [0.717, 1.165) is 5.69 Å². The van der Waals surface area contributed by atoms with Crippen molar-refractivity contribution in [2.45, 2.75) is 13.3 Å². The molecule has 6 nitrogen and oxygen atoms in total. The maximum Gasteiger partial charge on any atom is 0.255 e. The molecule has 106 valence electrons. The van der Waals surface area contributed by atoms with Gasteiger partial charge in [-0.1, -0.05) is 6.07 Å². The van der Waals surface area contributed by atoms with Crippen molar-refractivity contribution in [1.82, 2.24) is 9.97 Å². The number of aliphatic hydroxyl groups is 1. The van der Waals surface area contributed by atoms with Gasteiger partial charge in [-0.3, -0.25) is 9.78 Å². The number of H-pyrrole nitrogens is 1. The number of benzene rings is 1. The van der Waals surface area contributed by atoms with Gasteiger partial charge >= 0.3 is 0 Å². The van der Waals surface area contributed by atoms with Gasteiger partial charge in [-0.15, -0.1) is 0 Å². The molecule has 0 radical (unpaired) electrons. The van der Waals surface area contributed by atoms with Gasteiger partial charge in [-0.05, 0) is 19.1 Å². The molecular formula is C14H17N3O3. The highest BCUT2D eigenvalue weighted by Gasteiger charge is 2.08. The Balaban J connectivity index is 2.28. The van der Waals surface area contributed by atoms with Gasteiger partial charge < -0.3 is 15.2 Å². The Morgan fingerprint density at radius 2 is 2.25 bits per heavy atom. The molecule has 0 amide bonds. The average Bonchev–Trinajstić information content (AvgIpc) is 2.43. The minimum absolute atomic E-state index is 0.0751. The molecule has 3 N–H and O–H groups in total. The summed E-state index contributed by atoms with van der Waals surface area (Å²) in [6, 6.07) is 7.32. The molecule has 0 saturated carbocycles. The van der Waals surface area contributed by atoms with Gasteiger partial charge in [0, 0.05) is 30.3 Å².